The van der Waals surface area contributed by atoms with Crippen LogP contribution in [0.4, 0.5) is 8.78 Å². The molecule has 5 atom stereocenters. The van der Waals surface area contributed by atoms with Crippen LogP contribution in [0.25, 0.3) is 0 Å². The predicted octanol–water partition coefficient (Wildman–Crippen LogP) is 1.81. The molecule has 112 valence electrons. The van der Waals surface area contributed by atoms with Gasteiger partial charge >= 0.3 is 11.2 Å². The molecule has 3 aliphatic carbocycles. The van der Waals surface area contributed by atoms with E-state index in [-0.39, 0.29) is 29.5 Å². The quantitative estimate of drug-likeness (QED) is 0.359. The average molecular weight is 310 g/mol. The van der Waals surface area contributed by atoms with Crippen LogP contribution in [-0.2, 0) is 23.7 Å². The van der Waals surface area contributed by atoms with Gasteiger partial charge in [0, 0.05) is 18.3 Å². The Balaban J connectivity index is 1.64. The van der Waals surface area contributed by atoms with E-state index in [0.29, 0.717) is 12.8 Å². The number of ketones is 1. The SMILES string of the molecule is O=C1CC2C3CC(CC13)C2OC(=O)C(F)(F)SOOO. The van der Waals surface area contributed by atoms with Crippen molar-refractivity contribution in [1.29, 1.82) is 0 Å². The van der Waals surface area contributed by atoms with Gasteiger partial charge in [-0.25, -0.2) is 10.1 Å². The highest BCUT2D eigenvalue weighted by atomic mass is 32.2. The van der Waals surface area contributed by atoms with Crippen LogP contribution in [0.1, 0.15) is 19.3 Å². The smallest absolute Gasteiger partial charge is 0.415 e. The van der Waals surface area contributed by atoms with Gasteiger partial charge in [0.25, 0.3) is 0 Å². The summed E-state index contributed by atoms with van der Waals surface area (Å²) in [6.45, 7) is 0. The molecule has 0 aromatic carbocycles. The lowest BCUT2D eigenvalue weighted by molar-refractivity contribution is -0.433. The van der Waals surface area contributed by atoms with E-state index in [2.05, 4.69) is 9.37 Å². The number of carbonyl (C=O) groups excluding carboxylic acids is 2. The zero-order valence-electron chi connectivity index (χ0n) is 10.2. The van der Waals surface area contributed by atoms with Gasteiger partial charge in [-0.05, 0) is 24.7 Å². The van der Waals surface area contributed by atoms with Crippen molar-refractivity contribution in [3.8, 4) is 0 Å². The van der Waals surface area contributed by atoms with Crippen molar-refractivity contribution in [2.24, 2.45) is 23.7 Å². The number of hydrogen-bond acceptors (Lipinski definition) is 7. The minimum Gasteiger partial charge on any atom is -0.457 e. The number of Topliss-reactive ketones (excluding diaryl/α,β-unsaturated/α-hetero) is 1. The monoisotopic (exact) mass is 310 g/mol. The first-order valence-electron chi connectivity index (χ1n) is 6.21. The second-order valence-corrected chi connectivity index (χ2v) is 6.26. The molecule has 3 saturated carbocycles. The Morgan fingerprint density at radius 1 is 1.35 bits per heavy atom. The van der Waals surface area contributed by atoms with Crippen LogP contribution < -0.4 is 0 Å². The summed E-state index contributed by atoms with van der Waals surface area (Å²) in [5.74, 6) is -1.54. The molecular weight excluding hydrogens is 298 g/mol. The topological polar surface area (TPSA) is 82.1 Å². The van der Waals surface area contributed by atoms with Crippen LogP contribution >= 0.6 is 12.0 Å². The van der Waals surface area contributed by atoms with E-state index in [9.17, 15) is 18.4 Å². The van der Waals surface area contributed by atoms with E-state index in [1.54, 1.807) is 0 Å². The molecule has 2 bridgehead atoms. The molecule has 1 N–H and O–H groups in total. The molecule has 5 unspecified atom stereocenters. The molecule has 9 heteroatoms. The highest BCUT2D eigenvalue weighted by Crippen LogP contribution is 2.59. The largest absolute Gasteiger partial charge is 0.457 e. The first-order chi connectivity index (χ1) is 9.44. The maximum atomic E-state index is 13.3. The van der Waals surface area contributed by atoms with E-state index >= 15 is 0 Å². The van der Waals surface area contributed by atoms with Crippen LogP contribution in [0.2, 0.25) is 0 Å². The zero-order chi connectivity index (χ0) is 14.5. The molecule has 0 amide bonds. The third-order valence-electron chi connectivity index (χ3n) is 4.59. The molecular formula is C11H12F2O6S. The number of alkyl halides is 2. The Labute approximate surface area is 116 Å². The number of rotatable bonds is 5. The highest BCUT2D eigenvalue weighted by molar-refractivity contribution is 7.96. The normalized spacial score (nSPS) is 38.5. The first kappa shape index (κ1) is 14.2. The molecule has 20 heavy (non-hydrogen) atoms. The maximum Gasteiger partial charge on any atom is 0.415 e. The summed E-state index contributed by atoms with van der Waals surface area (Å²) >= 11 is -0.637. The van der Waals surface area contributed by atoms with E-state index < -0.39 is 29.4 Å². The number of fused-ring (bicyclic) bond motifs is 1. The van der Waals surface area contributed by atoms with Crippen LogP contribution in [0, 0.1) is 23.7 Å². The van der Waals surface area contributed by atoms with E-state index in [1.807, 2.05) is 0 Å². The lowest BCUT2D eigenvalue weighted by atomic mass is 9.86. The van der Waals surface area contributed by atoms with Crippen molar-refractivity contribution in [3.05, 3.63) is 0 Å². The van der Waals surface area contributed by atoms with Gasteiger partial charge in [-0.1, -0.05) is 5.04 Å². The molecule has 0 radical (unpaired) electrons. The molecule has 3 aliphatic rings. The summed E-state index contributed by atoms with van der Waals surface area (Å²) in [4.78, 5) is 23.2. The van der Waals surface area contributed by atoms with Crippen molar-refractivity contribution >= 4 is 23.8 Å². The molecule has 0 saturated heterocycles. The fourth-order valence-corrected chi connectivity index (χ4v) is 4.17. The van der Waals surface area contributed by atoms with Crippen molar-refractivity contribution in [2.75, 3.05) is 0 Å². The van der Waals surface area contributed by atoms with Crippen molar-refractivity contribution < 1.29 is 37.7 Å². The molecule has 0 aromatic heterocycles. The van der Waals surface area contributed by atoms with Crippen LogP contribution in [0.3, 0.4) is 0 Å². The number of ether oxygens (including phenoxy) is 1. The van der Waals surface area contributed by atoms with Gasteiger partial charge < -0.3 is 4.74 Å². The van der Waals surface area contributed by atoms with Gasteiger partial charge in [0.1, 0.15) is 23.9 Å². The summed E-state index contributed by atoms with van der Waals surface area (Å²) in [7, 11) is 0. The fraction of sp³-hybridized carbons (Fsp3) is 0.818. The Hall–Kier alpha value is -0.770. The predicted molar refractivity (Wildman–Crippen MR) is 60.0 cm³/mol. The molecule has 0 aromatic rings. The van der Waals surface area contributed by atoms with Gasteiger partial charge in [0.2, 0.25) is 0 Å². The third-order valence-corrected chi connectivity index (χ3v) is 5.09. The summed E-state index contributed by atoms with van der Waals surface area (Å²) in [6, 6.07) is 0. The van der Waals surface area contributed by atoms with Gasteiger partial charge in [-0.3, -0.25) is 4.79 Å². The third kappa shape index (κ3) is 2.12. The molecule has 3 fully saturated rings. The Morgan fingerprint density at radius 3 is 2.80 bits per heavy atom. The van der Waals surface area contributed by atoms with Gasteiger partial charge in [-0.2, -0.15) is 8.78 Å². The second kappa shape index (κ2) is 4.90. The molecule has 0 aliphatic heterocycles. The molecule has 0 spiro atoms. The lowest BCUT2D eigenvalue weighted by Crippen LogP contribution is -2.37. The molecule has 0 heterocycles. The maximum absolute atomic E-state index is 13.3. The van der Waals surface area contributed by atoms with Crippen LogP contribution in [0.5, 0.6) is 0 Å². The number of hydrogen-bond donors (Lipinski definition) is 1. The van der Waals surface area contributed by atoms with Crippen LogP contribution in [0.15, 0.2) is 0 Å². The lowest BCUT2D eigenvalue weighted by Gasteiger charge is -2.28. The fourth-order valence-electron chi connectivity index (χ4n) is 3.93. The van der Waals surface area contributed by atoms with E-state index in [4.69, 9.17) is 9.99 Å². The van der Waals surface area contributed by atoms with Crippen molar-refractivity contribution in [1.82, 2.24) is 0 Å². The minimum absolute atomic E-state index is 0.0128. The average Bonchev–Trinajstić information content (AvgIpc) is 3.00. The van der Waals surface area contributed by atoms with Crippen molar-refractivity contribution in [2.45, 2.75) is 30.6 Å². The first-order valence-corrected chi connectivity index (χ1v) is 6.95. The van der Waals surface area contributed by atoms with Gasteiger partial charge in [-0.15, -0.1) is 4.33 Å². The highest BCUT2D eigenvalue weighted by Gasteiger charge is 2.61. The van der Waals surface area contributed by atoms with Gasteiger partial charge in [0.05, 0.1) is 0 Å². The van der Waals surface area contributed by atoms with E-state index in [0.717, 1.165) is 6.42 Å². The van der Waals surface area contributed by atoms with Gasteiger partial charge in [0.15, 0.2) is 0 Å². The second-order valence-electron chi connectivity index (χ2n) is 5.45. The molecule has 6 nitrogen and oxygen atoms in total. The van der Waals surface area contributed by atoms with Crippen LogP contribution in [-0.4, -0.2) is 28.4 Å². The Kier molecular flexibility index (Phi) is 3.47. The summed E-state index contributed by atoms with van der Waals surface area (Å²) in [5, 5.41) is 6.89. The Morgan fingerprint density at radius 2 is 2.10 bits per heavy atom. The Bertz CT molecular complexity index is 445. The number of halogens is 2. The minimum atomic E-state index is -3.98. The number of carbonyl (C=O) groups is 2. The van der Waals surface area contributed by atoms with E-state index in [1.165, 1.54) is 0 Å². The summed E-state index contributed by atoms with van der Waals surface area (Å²) in [5.41, 5.74) is 0. The zero-order valence-corrected chi connectivity index (χ0v) is 11.0. The summed E-state index contributed by atoms with van der Waals surface area (Å²) in [6.07, 6.45) is 1.05. The molecule has 3 rings (SSSR count). The standard InChI is InChI=1S/C11H12F2O6S/c12-11(13,20-19-18-16)10(15)17-9-4-1-5-6(2-4)8(14)3-7(5)9/h4-7,9,16H,1-3H2. The summed E-state index contributed by atoms with van der Waals surface area (Å²) < 4.78 is 35.1. The van der Waals surface area contributed by atoms with Crippen molar-refractivity contribution in [3.63, 3.8) is 0 Å². The number of esters is 1.